The Morgan fingerprint density at radius 1 is 1.31 bits per heavy atom. The summed E-state index contributed by atoms with van der Waals surface area (Å²) in [7, 11) is 3.76. The quantitative estimate of drug-likeness (QED) is 0.730. The van der Waals surface area contributed by atoms with E-state index in [2.05, 4.69) is 0 Å². The predicted molar refractivity (Wildman–Crippen MR) is 51.6 cm³/mol. The summed E-state index contributed by atoms with van der Waals surface area (Å²) in [6.07, 6.45) is -0.629. The standard InChI is InChI=1S/C10H15NO2/c1-11(2)7-10(13)8-5-3-4-6-9(8)12/h3-6,10,12-13H,7H2,1-2H3. The van der Waals surface area contributed by atoms with Gasteiger partial charge in [-0.05, 0) is 20.2 Å². The van der Waals surface area contributed by atoms with Crippen LogP contribution in [-0.2, 0) is 0 Å². The van der Waals surface area contributed by atoms with Crippen LogP contribution >= 0.6 is 0 Å². The zero-order chi connectivity index (χ0) is 9.84. The number of para-hydroxylation sites is 1. The van der Waals surface area contributed by atoms with E-state index in [-0.39, 0.29) is 5.75 Å². The zero-order valence-electron chi connectivity index (χ0n) is 7.94. The predicted octanol–water partition coefficient (Wildman–Crippen LogP) is 0.987. The van der Waals surface area contributed by atoms with Crippen LogP contribution in [0.4, 0.5) is 0 Å². The Bertz CT molecular complexity index is 273. The average Bonchev–Trinajstić information content (AvgIpc) is 2.03. The first kappa shape index (κ1) is 10.0. The fourth-order valence-electron chi connectivity index (χ4n) is 1.21. The molecule has 1 unspecified atom stereocenters. The maximum Gasteiger partial charge on any atom is 0.121 e. The zero-order valence-corrected chi connectivity index (χ0v) is 7.94. The molecular weight excluding hydrogens is 166 g/mol. The van der Waals surface area contributed by atoms with E-state index in [1.54, 1.807) is 24.3 Å². The van der Waals surface area contributed by atoms with E-state index in [0.29, 0.717) is 12.1 Å². The van der Waals surface area contributed by atoms with Gasteiger partial charge in [-0.25, -0.2) is 0 Å². The van der Waals surface area contributed by atoms with E-state index < -0.39 is 6.10 Å². The summed E-state index contributed by atoms with van der Waals surface area (Å²) < 4.78 is 0. The van der Waals surface area contributed by atoms with Crippen LogP contribution in [0.3, 0.4) is 0 Å². The Morgan fingerprint density at radius 3 is 2.46 bits per heavy atom. The Hall–Kier alpha value is -1.06. The Labute approximate surface area is 78.2 Å². The number of hydrogen-bond acceptors (Lipinski definition) is 3. The molecule has 3 nitrogen and oxygen atoms in total. The van der Waals surface area contributed by atoms with Crippen molar-refractivity contribution >= 4 is 0 Å². The maximum atomic E-state index is 9.67. The van der Waals surface area contributed by atoms with Gasteiger partial charge < -0.3 is 15.1 Å². The van der Waals surface area contributed by atoms with Gasteiger partial charge in [-0.15, -0.1) is 0 Å². The van der Waals surface area contributed by atoms with Crippen LogP contribution in [0.5, 0.6) is 5.75 Å². The van der Waals surface area contributed by atoms with Gasteiger partial charge in [0.05, 0.1) is 6.10 Å². The molecule has 0 saturated heterocycles. The Morgan fingerprint density at radius 2 is 1.92 bits per heavy atom. The molecule has 0 aliphatic carbocycles. The Balaban J connectivity index is 2.76. The van der Waals surface area contributed by atoms with Crippen LogP contribution < -0.4 is 0 Å². The molecular formula is C10H15NO2. The van der Waals surface area contributed by atoms with Gasteiger partial charge in [0.15, 0.2) is 0 Å². The molecule has 72 valence electrons. The van der Waals surface area contributed by atoms with Crippen molar-refractivity contribution in [2.75, 3.05) is 20.6 Å². The summed E-state index contributed by atoms with van der Waals surface area (Å²) >= 11 is 0. The number of aliphatic hydroxyl groups excluding tert-OH is 1. The van der Waals surface area contributed by atoms with Gasteiger partial charge in [0, 0.05) is 12.1 Å². The van der Waals surface area contributed by atoms with Crippen molar-refractivity contribution in [2.45, 2.75) is 6.10 Å². The molecule has 0 amide bonds. The third kappa shape index (κ3) is 2.72. The SMILES string of the molecule is CN(C)CC(O)c1ccccc1O. The number of benzene rings is 1. The van der Waals surface area contributed by atoms with Crippen LogP contribution in [0.25, 0.3) is 0 Å². The molecule has 0 bridgehead atoms. The minimum atomic E-state index is -0.629. The highest BCUT2D eigenvalue weighted by atomic mass is 16.3. The second kappa shape index (κ2) is 4.25. The smallest absolute Gasteiger partial charge is 0.121 e. The second-order valence-electron chi connectivity index (χ2n) is 3.34. The van der Waals surface area contributed by atoms with E-state index in [9.17, 15) is 10.2 Å². The number of hydrogen-bond donors (Lipinski definition) is 2. The van der Waals surface area contributed by atoms with E-state index in [1.807, 2.05) is 19.0 Å². The number of phenolic OH excluding ortho intramolecular Hbond substituents is 1. The number of aromatic hydroxyl groups is 1. The first-order valence-electron chi connectivity index (χ1n) is 4.22. The van der Waals surface area contributed by atoms with Crippen LogP contribution in [-0.4, -0.2) is 35.8 Å². The van der Waals surface area contributed by atoms with Gasteiger partial charge in [-0.3, -0.25) is 0 Å². The number of likely N-dealkylation sites (N-methyl/N-ethyl adjacent to an activating group) is 1. The molecule has 0 heterocycles. The van der Waals surface area contributed by atoms with Crippen LogP contribution in [0.2, 0.25) is 0 Å². The molecule has 0 aromatic heterocycles. The number of aliphatic hydroxyl groups is 1. The summed E-state index contributed by atoms with van der Waals surface area (Å²) in [5, 5.41) is 19.1. The number of phenols is 1. The van der Waals surface area contributed by atoms with Gasteiger partial charge in [0.25, 0.3) is 0 Å². The average molecular weight is 181 g/mol. The molecule has 1 rings (SSSR count). The van der Waals surface area contributed by atoms with Gasteiger partial charge in [0.2, 0.25) is 0 Å². The molecule has 0 spiro atoms. The lowest BCUT2D eigenvalue weighted by molar-refractivity contribution is 0.135. The summed E-state index contributed by atoms with van der Waals surface area (Å²) in [6.45, 7) is 0.511. The van der Waals surface area contributed by atoms with E-state index in [4.69, 9.17) is 0 Å². The molecule has 13 heavy (non-hydrogen) atoms. The lowest BCUT2D eigenvalue weighted by Crippen LogP contribution is -2.19. The van der Waals surface area contributed by atoms with E-state index in [0.717, 1.165) is 0 Å². The molecule has 0 fully saturated rings. The molecule has 0 aliphatic heterocycles. The summed E-state index contributed by atoms with van der Waals surface area (Å²) in [4.78, 5) is 1.87. The topological polar surface area (TPSA) is 43.7 Å². The van der Waals surface area contributed by atoms with Gasteiger partial charge in [0.1, 0.15) is 5.75 Å². The van der Waals surface area contributed by atoms with E-state index in [1.165, 1.54) is 0 Å². The highest BCUT2D eigenvalue weighted by molar-refractivity contribution is 5.33. The molecule has 0 saturated carbocycles. The first-order valence-corrected chi connectivity index (χ1v) is 4.22. The molecule has 1 aromatic carbocycles. The minimum Gasteiger partial charge on any atom is -0.508 e. The molecule has 0 aliphatic rings. The number of rotatable bonds is 3. The molecule has 1 aromatic rings. The summed E-state index contributed by atoms with van der Waals surface area (Å²) in [5.74, 6) is 0.150. The van der Waals surface area contributed by atoms with Crippen molar-refractivity contribution in [2.24, 2.45) is 0 Å². The number of nitrogens with zero attached hydrogens (tertiary/aromatic N) is 1. The molecule has 3 heteroatoms. The first-order chi connectivity index (χ1) is 6.11. The normalized spacial score (nSPS) is 13.2. The monoisotopic (exact) mass is 181 g/mol. The highest BCUT2D eigenvalue weighted by Crippen LogP contribution is 2.23. The lowest BCUT2D eigenvalue weighted by Gasteiger charge is -2.16. The van der Waals surface area contributed by atoms with Crippen molar-refractivity contribution in [1.29, 1.82) is 0 Å². The molecule has 2 N–H and O–H groups in total. The minimum absolute atomic E-state index is 0.150. The fraction of sp³-hybridized carbons (Fsp3) is 0.400. The van der Waals surface area contributed by atoms with Crippen molar-refractivity contribution in [3.05, 3.63) is 29.8 Å². The third-order valence-electron chi connectivity index (χ3n) is 1.83. The van der Waals surface area contributed by atoms with Gasteiger partial charge >= 0.3 is 0 Å². The Kier molecular flexibility index (Phi) is 3.28. The van der Waals surface area contributed by atoms with Gasteiger partial charge in [-0.1, -0.05) is 18.2 Å². The maximum absolute atomic E-state index is 9.67. The highest BCUT2D eigenvalue weighted by Gasteiger charge is 2.11. The summed E-state index contributed by atoms with van der Waals surface area (Å²) in [5.41, 5.74) is 0.580. The summed E-state index contributed by atoms with van der Waals surface area (Å²) in [6, 6.07) is 6.84. The van der Waals surface area contributed by atoms with Crippen LogP contribution in [0, 0.1) is 0 Å². The molecule has 1 atom stereocenters. The van der Waals surface area contributed by atoms with Crippen molar-refractivity contribution in [3.63, 3.8) is 0 Å². The van der Waals surface area contributed by atoms with Crippen LogP contribution in [0.1, 0.15) is 11.7 Å². The van der Waals surface area contributed by atoms with Crippen molar-refractivity contribution in [3.8, 4) is 5.75 Å². The van der Waals surface area contributed by atoms with Crippen molar-refractivity contribution < 1.29 is 10.2 Å². The largest absolute Gasteiger partial charge is 0.508 e. The van der Waals surface area contributed by atoms with E-state index >= 15 is 0 Å². The third-order valence-corrected chi connectivity index (χ3v) is 1.83. The molecule has 0 radical (unpaired) electrons. The van der Waals surface area contributed by atoms with Gasteiger partial charge in [-0.2, -0.15) is 0 Å². The fourth-order valence-corrected chi connectivity index (χ4v) is 1.21. The second-order valence-corrected chi connectivity index (χ2v) is 3.34. The van der Waals surface area contributed by atoms with Crippen LogP contribution in [0.15, 0.2) is 24.3 Å². The van der Waals surface area contributed by atoms with Crippen molar-refractivity contribution in [1.82, 2.24) is 4.90 Å². The lowest BCUT2D eigenvalue weighted by atomic mass is 10.1.